The third-order valence-electron chi connectivity index (χ3n) is 4.70. The number of hydrogen-bond donors (Lipinski definition) is 0. The Morgan fingerprint density at radius 2 is 1.85 bits per heavy atom. The fourth-order valence-corrected chi connectivity index (χ4v) is 3.77. The van der Waals surface area contributed by atoms with Crippen LogP contribution in [0.3, 0.4) is 0 Å². The fourth-order valence-electron chi connectivity index (χ4n) is 3.77. The maximum atomic E-state index is 12.7. The summed E-state index contributed by atoms with van der Waals surface area (Å²) >= 11 is 0. The molecule has 1 saturated heterocycles. The molecular weight excluding hydrogens is 359 g/mol. The van der Waals surface area contributed by atoms with Gasteiger partial charge in [0.2, 0.25) is 0 Å². The normalized spacial score (nSPS) is 22.9. The van der Waals surface area contributed by atoms with E-state index in [1.54, 1.807) is 17.0 Å². The minimum atomic E-state index is -4.75. The molecule has 2 aliphatic rings. The van der Waals surface area contributed by atoms with Gasteiger partial charge in [-0.2, -0.15) is 0 Å². The summed E-state index contributed by atoms with van der Waals surface area (Å²) in [6.07, 6.45) is -0.210. The highest BCUT2D eigenvalue weighted by atomic mass is 19.4. The summed E-state index contributed by atoms with van der Waals surface area (Å²) in [6.45, 7) is 5.45. The van der Waals surface area contributed by atoms with Crippen molar-refractivity contribution in [2.45, 2.75) is 70.5 Å². The molecule has 4 nitrogen and oxygen atoms in total. The van der Waals surface area contributed by atoms with E-state index in [9.17, 15) is 18.0 Å². The van der Waals surface area contributed by atoms with Crippen LogP contribution in [0.25, 0.3) is 5.57 Å². The molecule has 3 rings (SSSR count). The van der Waals surface area contributed by atoms with E-state index in [-0.39, 0.29) is 23.9 Å². The highest BCUT2D eigenvalue weighted by Gasteiger charge is 2.40. The Morgan fingerprint density at radius 1 is 1.15 bits per heavy atom. The number of para-hydroxylation sites is 1. The van der Waals surface area contributed by atoms with E-state index in [2.05, 4.69) is 4.74 Å². The number of rotatable bonds is 2. The highest BCUT2D eigenvalue weighted by Crippen LogP contribution is 2.41. The zero-order chi connectivity index (χ0) is 19.8. The molecule has 2 bridgehead atoms. The molecule has 27 heavy (non-hydrogen) atoms. The van der Waals surface area contributed by atoms with Crippen molar-refractivity contribution in [1.82, 2.24) is 4.90 Å². The number of hydrogen-bond acceptors (Lipinski definition) is 3. The molecule has 0 aliphatic carbocycles. The van der Waals surface area contributed by atoms with Gasteiger partial charge in [0.1, 0.15) is 11.4 Å². The average Bonchev–Trinajstić information content (AvgIpc) is 2.51. The monoisotopic (exact) mass is 383 g/mol. The molecule has 0 aromatic heterocycles. The second kappa shape index (κ2) is 7.09. The van der Waals surface area contributed by atoms with Gasteiger partial charge in [0, 0.05) is 11.6 Å². The minimum absolute atomic E-state index is 0.0856. The summed E-state index contributed by atoms with van der Waals surface area (Å²) in [5.74, 6) is -0.208. The maximum absolute atomic E-state index is 12.7. The molecule has 2 aliphatic heterocycles. The predicted octanol–water partition coefficient (Wildman–Crippen LogP) is 5.53. The van der Waals surface area contributed by atoms with Gasteiger partial charge < -0.3 is 9.47 Å². The van der Waals surface area contributed by atoms with Gasteiger partial charge in [-0.1, -0.05) is 24.3 Å². The molecule has 0 spiro atoms. The van der Waals surface area contributed by atoms with Crippen LogP contribution in [0, 0.1) is 0 Å². The largest absolute Gasteiger partial charge is 0.573 e. The summed E-state index contributed by atoms with van der Waals surface area (Å²) in [7, 11) is 0. The van der Waals surface area contributed by atoms with Crippen LogP contribution in [-0.4, -0.2) is 35.0 Å². The van der Waals surface area contributed by atoms with Crippen molar-refractivity contribution in [2.24, 2.45) is 0 Å². The van der Waals surface area contributed by atoms with Gasteiger partial charge in [-0.05, 0) is 58.1 Å². The standard InChI is InChI=1S/C20H24F3NO3/c1-19(2,3)27-18(25)24-14-7-6-8-15(24)12-13(11-14)16-9-4-5-10-17(16)26-20(21,22)23/h4-5,9-11,14-15H,6-8,12H2,1-3H3. The first-order valence-corrected chi connectivity index (χ1v) is 9.11. The molecule has 0 radical (unpaired) electrons. The Kier molecular flexibility index (Phi) is 5.14. The smallest absolute Gasteiger partial charge is 0.444 e. The number of fused-ring (bicyclic) bond motifs is 2. The van der Waals surface area contributed by atoms with Crippen LogP contribution in [0.15, 0.2) is 30.3 Å². The Morgan fingerprint density at radius 3 is 2.48 bits per heavy atom. The van der Waals surface area contributed by atoms with Crippen LogP contribution >= 0.6 is 0 Å². The number of alkyl halides is 3. The first-order valence-electron chi connectivity index (χ1n) is 9.11. The maximum Gasteiger partial charge on any atom is 0.573 e. The van der Waals surface area contributed by atoms with Crippen LogP contribution in [0.1, 0.15) is 52.0 Å². The summed E-state index contributed by atoms with van der Waals surface area (Å²) in [4.78, 5) is 14.4. The summed E-state index contributed by atoms with van der Waals surface area (Å²) in [5.41, 5.74) is 0.614. The van der Waals surface area contributed by atoms with Crippen LogP contribution in [-0.2, 0) is 4.74 Å². The quantitative estimate of drug-likeness (QED) is 0.674. The number of carbonyl (C=O) groups is 1. The lowest BCUT2D eigenvalue weighted by molar-refractivity contribution is -0.274. The predicted molar refractivity (Wildman–Crippen MR) is 95.2 cm³/mol. The summed E-state index contributed by atoms with van der Waals surface area (Å²) in [6, 6.07) is 5.89. The molecular formula is C20H24F3NO3. The van der Waals surface area contributed by atoms with Gasteiger partial charge in [0.05, 0.1) is 6.04 Å². The SMILES string of the molecule is CC(C)(C)OC(=O)N1C2C=C(c3ccccc3OC(F)(F)F)CC1CCC2. The lowest BCUT2D eigenvalue weighted by atomic mass is 9.83. The topological polar surface area (TPSA) is 38.8 Å². The zero-order valence-corrected chi connectivity index (χ0v) is 15.7. The number of carbonyl (C=O) groups excluding carboxylic acids is 1. The van der Waals surface area contributed by atoms with Crippen LogP contribution < -0.4 is 4.74 Å². The second-order valence-electron chi connectivity index (χ2n) is 7.98. The fraction of sp³-hybridized carbons (Fsp3) is 0.550. The zero-order valence-electron chi connectivity index (χ0n) is 15.7. The molecule has 1 aromatic carbocycles. The molecule has 2 heterocycles. The molecule has 1 amide bonds. The molecule has 1 fully saturated rings. The number of halogens is 3. The van der Waals surface area contributed by atoms with E-state index < -0.39 is 12.0 Å². The Balaban J connectivity index is 1.89. The molecule has 7 heteroatoms. The molecule has 2 atom stereocenters. The van der Waals surface area contributed by atoms with Crippen molar-refractivity contribution in [2.75, 3.05) is 0 Å². The van der Waals surface area contributed by atoms with Crippen molar-refractivity contribution in [3.8, 4) is 5.75 Å². The number of piperidine rings is 1. The van der Waals surface area contributed by atoms with E-state index in [0.717, 1.165) is 24.8 Å². The average molecular weight is 383 g/mol. The molecule has 2 unspecified atom stereocenters. The number of ether oxygens (including phenoxy) is 2. The number of amides is 1. The third-order valence-corrected chi connectivity index (χ3v) is 4.70. The third kappa shape index (κ3) is 4.76. The van der Waals surface area contributed by atoms with Gasteiger partial charge in [-0.3, -0.25) is 4.90 Å². The van der Waals surface area contributed by atoms with Gasteiger partial charge in [0.25, 0.3) is 0 Å². The number of nitrogens with zero attached hydrogens (tertiary/aromatic N) is 1. The highest BCUT2D eigenvalue weighted by molar-refractivity contribution is 5.76. The van der Waals surface area contributed by atoms with Crippen molar-refractivity contribution >= 4 is 11.7 Å². The van der Waals surface area contributed by atoms with Crippen LogP contribution in [0.4, 0.5) is 18.0 Å². The lowest BCUT2D eigenvalue weighted by Gasteiger charge is -2.45. The second-order valence-corrected chi connectivity index (χ2v) is 7.98. The van der Waals surface area contributed by atoms with E-state index in [0.29, 0.717) is 12.0 Å². The molecule has 148 valence electrons. The first-order chi connectivity index (χ1) is 12.5. The van der Waals surface area contributed by atoms with Crippen molar-refractivity contribution < 1.29 is 27.4 Å². The Hall–Kier alpha value is -2.18. The Bertz CT molecular complexity index is 737. The van der Waals surface area contributed by atoms with Gasteiger partial charge in [-0.15, -0.1) is 13.2 Å². The minimum Gasteiger partial charge on any atom is -0.444 e. The van der Waals surface area contributed by atoms with Crippen LogP contribution in [0.5, 0.6) is 5.75 Å². The van der Waals surface area contributed by atoms with E-state index in [4.69, 9.17) is 4.74 Å². The van der Waals surface area contributed by atoms with Gasteiger partial charge in [-0.25, -0.2) is 4.79 Å². The van der Waals surface area contributed by atoms with Crippen LogP contribution in [0.2, 0.25) is 0 Å². The van der Waals surface area contributed by atoms with Crippen molar-refractivity contribution in [3.05, 3.63) is 35.9 Å². The summed E-state index contributed by atoms with van der Waals surface area (Å²) < 4.78 is 47.9. The number of benzene rings is 1. The summed E-state index contributed by atoms with van der Waals surface area (Å²) in [5, 5.41) is 0. The first kappa shape index (κ1) is 19.6. The van der Waals surface area contributed by atoms with E-state index in [1.165, 1.54) is 12.1 Å². The van der Waals surface area contributed by atoms with E-state index >= 15 is 0 Å². The van der Waals surface area contributed by atoms with E-state index in [1.807, 2.05) is 26.8 Å². The molecule has 1 aromatic rings. The van der Waals surface area contributed by atoms with Gasteiger partial charge in [0.15, 0.2) is 0 Å². The van der Waals surface area contributed by atoms with Crippen molar-refractivity contribution in [1.29, 1.82) is 0 Å². The lowest BCUT2D eigenvalue weighted by Crippen LogP contribution is -2.53. The molecule has 0 N–H and O–H groups in total. The van der Waals surface area contributed by atoms with Crippen molar-refractivity contribution in [3.63, 3.8) is 0 Å². The molecule has 0 saturated carbocycles. The van der Waals surface area contributed by atoms with Gasteiger partial charge >= 0.3 is 12.5 Å². The Labute approximate surface area is 156 Å².